The zero-order chi connectivity index (χ0) is 27.6. The van der Waals surface area contributed by atoms with Gasteiger partial charge in [-0.3, -0.25) is 14.4 Å². The van der Waals surface area contributed by atoms with Gasteiger partial charge < -0.3 is 20.5 Å². The van der Waals surface area contributed by atoms with Crippen molar-refractivity contribution in [3.8, 4) is 0 Å². The van der Waals surface area contributed by atoms with E-state index < -0.39 is 12.1 Å². The van der Waals surface area contributed by atoms with Gasteiger partial charge in [-0.2, -0.15) is 11.8 Å². The predicted molar refractivity (Wildman–Crippen MR) is 159 cm³/mol. The van der Waals surface area contributed by atoms with Gasteiger partial charge in [-0.05, 0) is 73.8 Å². The molecule has 0 fully saturated rings. The summed E-state index contributed by atoms with van der Waals surface area (Å²) < 4.78 is 0. The van der Waals surface area contributed by atoms with Crippen molar-refractivity contribution in [1.82, 2.24) is 20.5 Å². The molecule has 208 valence electrons. The van der Waals surface area contributed by atoms with E-state index in [0.29, 0.717) is 24.9 Å². The van der Waals surface area contributed by atoms with Crippen LogP contribution in [0.3, 0.4) is 0 Å². The van der Waals surface area contributed by atoms with Gasteiger partial charge in [0.25, 0.3) is 5.91 Å². The number of allylic oxidation sites excluding steroid dienone is 1. The second kappa shape index (κ2) is 11.5. The van der Waals surface area contributed by atoms with Crippen molar-refractivity contribution in [1.29, 1.82) is 0 Å². The number of carbonyl (C=O) groups is 3. The van der Waals surface area contributed by atoms with E-state index in [0.717, 1.165) is 52.7 Å². The van der Waals surface area contributed by atoms with E-state index in [4.69, 9.17) is 0 Å². The van der Waals surface area contributed by atoms with Crippen molar-refractivity contribution in [2.24, 2.45) is 0 Å². The van der Waals surface area contributed by atoms with Crippen LogP contribution in [0.4, 0.5) is 0 Å². The highest BCUT2D eigenvalue weighted by atomic mass is 32.2. The summed E-state index contributed by atoms with van der Waals surface area (Å²) in [4.78, 5) is 46.2. The molecule has 0 saturated carbocycles. The van der Waals surface area contributed by atoms with Gasteiger partial charge in [0.1, 0.15) is 12.1 Å². The molecular weight excluding hydrogens is 520 g/mol. The summed E-state index contributed by atoms with van der Waals surface area (Å²) >= 11 is 1.65. The maximum absolute atomic E-state index is 14.0. The topological polar surface area (TPSA) is 94.3 Å². The lowest BCUT2D eigenvalue weighted by Gasteiger charge is -2.37. The number of benzene rings is 2. The highest BCUT2D eigenvalue weighted by molar-refractivity contribution is 7.98. The molecule has 0 bridgehead atoms. The Bertz CT molecular complexity index is 1480. The maximum atomic E-state index is 14.0. The number of H-pyrrole nitrogens is 1. The van der Waals surface area contributed by atoms with E-state index in [1.165, 1.54) is 18.4 Å². The largest absolute Gasteiger partial charge is 0.356 e. The third-order valence-corrected chi connectivity index (χ3v) is 9.17. The Morgan fingerprint density at radius 2 is 1.95 bits per heavy atom. The maximum Gasteiger partial charge on any atom is 0.255 e. The molecular formula is C32H36N4O3S. The lowest BCUT2D eigenvalue weighted by atomic mass is 9.89. The number of nitrogens with one attached hydrogen (secondary N) is 3. The minimum atomic E-state index is -0.714. The highest BCUT2D eigenvalue weighted by Gasteiger charge is 2.49. The summed E-state index contributed by atoms with van der Waals surface area (Å²) in [6, 6.07) is 14.0. The SMILES string of the molecule is CSCCC(NC(=O)C1Cc2c([nH]c3ccccc23)C2c3ccccc3C(=O)N12)C(=O)NCCC1=CCCCC1. The van der Waals surface area contributed by atoms with Crippen molar-refractivity contribution < 1.29 is 14.4 Å². The first-order valence-corrected chi connectivity index (χ1v) is 15.7. The molecule has 3 aromatic rings. The average molecular weight is 557 g/mol. The first-order valence-electron chi connectivity index (χ1n) is 14.3. The fraction of sp³-hybridized carbons (Fsp3) is 0.406. The number of fused-ring (bicyclic) bond motifs is 7. The van der Waals surface area contributed by atoms with Crippen molar-refractivity contribution >= 4 is 40.4 Å². The highest BCUT2D eigenvalue weighted by Crippen LogP contribution is 2.46. The van der Waals surface area contributed by atoms with Crippen LogP contribution >= 0.6 is 11.8 Å². The molecule has 3 amide bonds. The van der Waals surface area contributed by atoms with Gasteiger partial charge in [0.2, 0.25) is 11.8 Å². The number of hydrogen-bond donors (Lipinski definition) is 3. The minimum absolute atomic E-state index is 0.143. The van der Waals surface area contributed by atoms with E-state index >= 15 is 0 Å². The molecule has 1 aliphatic carbocycles. The zero-order valence-electron chi connectivity index (χ0n) is 22.9. The van der Waals surface area contributed by atoms with E-state index in [1.807, 2.05) is 48.7 Å². The summed E-state index contributed by atoms with van der Waals surface area (Å²) in [6.07, 6.45) is 10.8. The van der Waals surface area contributed by atoms with Crippen LogP contribution in [0.2, 0.25) is 0 Å². The molecule has 8 heteroatoms. The van der Waals surface area contributed by atoms with Crippen molar-refractivity contribution in [3.63, 3.8) is 0 Å². The third kappa shape index (κ3) is 4.94. The third-order valence-electron chi connectivity index (χ3n) is 8.53. The molecule has 0 radical (unpaired) electrons. The van der Waals surface area contributed by atoms with Crippen molar-refractivity contribution in [2.45, 2.75) is 63.1 Å². The molecule has 3 aliphatic rings. The number of aromatic nitrogens is 1. The molecule has 6 rings (SSSR count). The van der Waals surface area contributed by atoms with E-state index in [2.05, 4.69) is 27.8 Å². The smallest absolute Gasteiger partial charge is 0.255 e. The van der Waals surface area contributed by atoms with Crippen LogP contribution in [0.25, 0.3) is 10.9 Å². The molecule has 2 aromatic carbocycles. The number of thioether (sulfide) groups is 1. The number of amides is 3. The number of aromatic amines is 1. The number of hydrogen-bond acceptors (Lipinski definition) is 4. The molecule has 3 unspecified atom stereocenters. The second-order valence-corrected chi connectivity index (χ2v) is 12.0. The zero-order valence-corrected chi connectivity index (χ0v) is 23.7. The first-order chi connectivity index (χ1) is 19.6. The summed E-state index contributed by atoms with van der Waals surface area (Å²) in [5.74, 6) is 0.168. The summed E-state index contributed by atoms with van der Waals surface area (Å²) in [7, 11) is 0. The molecule has 3 heterocycles. The summed E-state index contributed by atoms with van der Waals surface area (Å²) in [5.41, 5.74) is 5.98. The predicted octanol–water partition coefficient (Wildman–Crippen LogP) is 4.88. The number of para-hydroxylation sites is 1. The van der Waals surface area contributed by atoms with Gasteiger partial charge in [0.15, 0.2) is 0 Å². The van der Waals surface area contributed by atoms with Crippen LogP contribution in [0.5, 0.6) is 0 Å². The molecule has 7 nitrogen and oxygen atoms in total. The van der Waals surface area contributed by atoms with Gasteiger partial charge >= 0.3 is 0 Å². The van der Waals surface area contributed by atoms with E-state index in [1.54, 1.807) is 16.7 Å². The van der Waals surface area contributed by atoms with E-state index in [9.17, 15) is 14.4 Å². The van der Waals surface area contributed by atoms with Crippen LogP contribution in [0, 0.1) is 0 Å². The van der Waals surface area contributed by atoms with Crippen LogP contribution in [0.15, 0.2) is 60.2 Å². The Labute approximate surface area is 239 Å². The van der Waals surface area contributed by atoms with Gasteiger partial charge in [-0.1, -0.05) is 48.0 Å². The molecule has 1 aromatic heterocycles. The Kier molecular flexibility index (Phi) is 7.69. The fourth-order valence-electron chi connectivity index (χ4n) is 6.51. The average Bonchev–Trinajstić information content (AvgIpc) is 3.50. The van der Waals surface area contributed by atoms with E-state index in [-0.39, 0.29) is 23.8 Å². The van der Waals surface area contributed by atoms with Crippen LogP contribution in [-0.4, -0.2) is 58.2 Å². The van der Waals surface area contributed by atoms with Gasteiger partial charge in [0, 0.05) is 35.1 Å². The Morgan fingerprint density at radius 1 is 1.12 bits per heavy atom. The molecule has 3 atom stereocenters. The van der Waals surface area contributed by atoms with Gasteiger partial charge in [-0.25, -0.2) is 0 Å². The number of rotatable bonds is 9. The quantitative estimate of drug-likeness (QED) is 0.328. The standard InChI is InChI=1S/C32H36N4O3S/c1-40-18-16-26(30(37)33-17-15-20-9-3-2-4-10-20)35-31(38)27-19-24-21-11-7-8-14-25(21)34-28(24)29-22-12-5-6-13-23(22)32(39)36(27)29/h5-9,11-14,26-27,29,34H,2-4,10,15-19H2,1H3,(H,33,37)(H,35,38). The van der Waals surface area contributed by atoms with Crippen LogP contribution in [-0.2, 0) is 16.0 Å². The molecule has 0 saturated heterocycles. The van der Waals surface area contributed by atoms with Crippen LogP contribution < -0.4 is 10.6 Å². The summed E-state index contributed by atoms with van der Waals surface area (Å²) in [6.45, 7) is 0.570. The van der Waals surface area contributed by atoms with Crippen molar-refractivity contribution in [2.75, 3.05) is 18.6 Å². The monoisotopic (exact) mass is 556 g/mol. The van der Waals surface area contributed by atoms with Crippen LogP contribution in [0.1, 0.15) is 71.7 Å². The molecule has 2 aliphatic heterocycles. The van der Waals surface area contributed by atoms with Gasteiger partial charge in [-0.15, -0.1) is 0 Å². The normalized spacial score (nSPS) is 20.4. The lowest BCUT2D eigenvalue weighted by Crippen LogP contribution is -2.56. The Hall–Kier alpha value is -3.52. The summed E-state index contributed by atoms with van der Waals surface area (Å²) in [5, 5.41) is 7.19. The molecule has 0 spiro atoms. The second-order valence-electron chi connectivity index (χ2n) is 11.0. The number of carbonyl (C=O) groups excluding carboxylic acids is 3. The Morgan fingerprint density at radius 3 is 2.77 bits per heavy atom. The fourth-order valence-corrected chi connectivity index (χ4v) is 6.98. The number of nitrogens with zero attached hydrogens (tertiary/aromatic N) is 1. The minimum Gasteiger partial charge on any atom is -0.356 e. The first kappa shape index (κ1) is 26.7. The Balaban J connectivity index is 1.25. The van der Waals surface area contributed by atoms with Gasteiger partial charge in [0.05, 0.1) is 6.04 Å². The van der Waals surface area contributed by atoms with Crippen molar-refractivity contribution in [3.05, 3.63) is 82.6 Å². The lowest BCUT2D eigenvalue weighted by molar-refractivity contribution is -0.132. The molecule has 40 heavy (non-hydrogen) atoms. The molecule has 3 N–H and O–H groups in total.